The summed E-state index contributed by atoms with van der Waals surface area (Å²) in [6, 6.07) is 6.95. The van der Waals surface area contributed by atoms with Crippen molar-refractivity contribution in [3.8, 4) is 0 Å². The average molecular weight is 284 g/mol. The molecule has 1 aromatic heterocycles. The van der Waals surface area contributed by atoms with Gasteiger partial charge in [0.05, 0.1) is 24.0 Å². The summed E-state index contributed by atoms with van der Waals surface area (Å²) in [6.07, 6.45) is 0.524. The SMILES string of the molecule is O=C(NCC(O)c1ccccc1Cl)c1cnsn1. The first-order valence-corrected chi connectivity index (χ1v) is 6.27. The van der Waals surface area contributed by atoms with Crippen LogP contribution in [-0.2, 0) is 0 Å². The molecule has 0 saturated heterocycles. The quantitative estimate of drug-likeness (QED) is 0.895. The summed E-state index contributed by atoms with van der Waals surface area (Å²) in [6.45, 7) is 0.0695. The van der Waals surface area contributed by atoms with Crippen LogP contribution in [0.4, 0.5) is 0 Å². The van der Waals surface area contributed by atoms with E-state index < -0.39 is 6.10 Å². The molecule has 0 aliphatic carbocycles. The van der Waals surface area contributed by atoms with Crippen molar-refractivity contribution in [1.29, 1.82) is 0 Å². The number of amides is 1. The third-order valence-corrected chi connectivity index (χ3v) is 3.14. The van der Waals surface area contributed by atoms with Crippen LogP contribution in [0.15, 0.2) is 30.5 Å². The van der Waals surface area contributed by atoms with Crippen LogP contribution in [0.2, 0.25) is 5.02 Å². The van der Waals surface area contributed by atoms with E-state index in [4.69, 9.17) is 11.6 Å². The summed E-state index contributed by atoms with van der Waals surface area (Å²) in [5, 5.41) is 12.9. The number of hydrogen-bond donors (Lipinski definition) is 2. The number of hydrogen-bond acceptors (Lipinski definition) is 5. The van der Waals surface area contributed by atoms with E-state index in [9.17, 15) is 9.90 Å². The molecule has 0 fully saturated rings. The molecule has 2 N–H and O–H groups in total. The average Bonchev–Trinajstić information content (AvgIpc) is 2.90. The number of nitrogens with one attached hydrogen (secondary N) is 1. The molecule has 7 heteroatoms. The van der Waals surface area contributed by atoms with E-state index in [-0.39, 0.29) is 18.1 Å². The summed E-state index contributed by atoms with van der Waals surface area (Å²) in [5.74, 6) is -0.366. The zero-order chi connectivity index (χ0) is 13.0. The van der Waals surface area contributed by atoms with Crippen molar-refractivity contribution in [3.05, 3.63) is 46.7 Å². The van der Waals surface area contributed by atoms with Crippen molar-refractivity contribution in [2.24, 2.45) is 0 Å². The maximum absolute atomic E-state index is 11.6. The molecule has 0 spiro atoms. The minimum Gasteiger partial charge on any atom is -0.387 e. The summed E-state index contributed by atoms with van der Waals surface area (Å²) in [7, 11) is 0. The van der Waals surface area contributed by atoms with Crippen LogP contribution < -0.4 is 5.32 Å². The highest BCUT2D eigenvalue weighted by atomic mass is 35.5. The van der Waals surface area contributed by atoms with Crippen molar-refractivity contribution in [2.45, 2.75) is 6.10 Å². The van der Waals surface area contributed by atoms with Crippen molar-refractivity contribution in [1.82, 2.24) is 14.1 Å². The number of halogens is 1. The molecule has 2 aromatic rings. The smallest absolute Gasteiger partial charge is 0.272 e. The normalized spacial score (nSPS) is 12.1. The van der Waals surface area contributed by atoms with Gasteiger partial charge in [0.1, 0.15) is 0 Å². The standard InChI is InChI=1S/C11H10ClN3O2S/c12-8-4-2-1-3-7(8)10(16)6-13-11(17)9-5-14-18-15-9/h1-5,10,16H,6H2,(H,13,17). The molecule has 0 bridgehead atoms. The van der Waals surface area contributed by atoms with Gasteiger partial charge in [0.25, 0.3) is 5.91 Å². The van der Waals surface area contributed by atoms with Gasteiger partial charge in [-0.2, -0.15) is 8.75 Å². The maximum atomic E-state index is 11.6. The molecular formula is C11H10ClN3O2S. The Morgan fingerprint density at radius 1 is 1.50 bits per heavy atom. The largest absolute Gasteiger partial charge is 0.387 e. The van der Waals surface area contributed by atoms with E-state index in [1.54, 1.807) is 24.3 Å². The summed E-state index contributed by atoms with van der Waals surface area (Å²) in [5.41, 5.74) is 0.822. The molecule has 94 valence electrons. The van der Waals surface area contributed by atoms with Crippen LogP contribution in [0.3, 0.4) is 0 Å². The molecule has 0 saturated carbocycles. The lowest BCUT2D eigenvalue weighted by atomic mass is 10.1. The molecule has 5 nitrogen and oxygen atoms in total. The number of benzene rings is 1. The molecule has 1 aromatic carbocycles. The van der Waals surface area contributed by atoms with Crippen molar-refractivity contribution in [2.75, 3.05) is 6.54 Å². The second-order valence-electron chi connectivity index (χ2n) is 3.54. The molecule has 2 rings (SSSR count). The van der Waals surface area contributed by atoms with Gasteiger partial charge in [-0.05, 0) is 6.07 Å². The van der Waals surface area contributed by atoms with Gasteiger partial charge in [-0.15, -0.1) is 0 Å². The van der Waals surface area contributed by atoms with Crippen molar-refractivity contribution < 1.29 is 9.90 Å². The Bertz CT molecular complexity index is 533. The molecule has 18 heavy (non-hydrogen) atoms. The fraction of sp³-hybridized carbons (Fsp3) is 0.182. The molecular weight excluding hydrogens is 274 g/mol. The van der Waals surface area contributed by atoms with Gasteiger partial charge in [-0.25, -0.2) is 0 Å². The Morgan fingerprint density at radius 3 is 2.94 bits per heavy atom. The highest BCUT2D eigenvalue weighted by molar-refractivity contribution is 6.99. The number of rotatable bonds is 4. The van der Waals surface area contributed by atoms with E-state index in [1.807, 2.05) is 0 Å². The first kappa shape index (κ1) is 12.9. The number of aromatic nitrogens is 2. The van der Waals surface area contributed by atoms with Crippen LogP contribution in [0.5, 0.6) is 0 Å². The Kier molecular flexibility index (Phi) is 4.24. The number of aliphatic hydroxyl groups excluding tert-OH is 1. The van der Waals surface area contributed by atoms with Gasteiger partial charge in [0, 0.05) is 17.1 Å². The highest BCUT2D eigenvalue weighted by Gasteiger charge is 2.14. The van der Waals surface area contributed by atoms with Gasteiger partial charge in [-0.3, -0.25) is 4.79 Å². The van der Waals surface area contributed by atoms with Crippen LogP contribution in [0.25, 0.3) is 0 Å². The number of aliphatic hydroxyl groups is 1. The fourth-order valence-electron chi connectivity index (χ4n) is 1.40. The van der Waals surface area contributed by atoms with E-state index in [2.05, 4.69) is 14.1 Å². The van der Waals surface area contributed by atoms with Crippen LogP contribution in [0.1, 0.15) is 22.2 Å². The molecule has 0 aliphatic heterocycles. The van der Waals surface area contributed by atoms with E-state index >= 15 is 0 Å². The van der Waals surface area contributed by atoms with Gasteiger partial charge in [0.2, 0.25) is 0 Å². The van der Waals surface area contributed by atoms with Crippen molar-refractivity contribution >= 4 is 29.2 Å². The first-order valence-electron chi connectivity index (χ1n) is 5.16. The predicted octanol–water partition coefficient (Wildman–Crippen LogP) is 1.65. The lowest BCUT2D eigenvalue weighted by Gasteiger charge is -2.12. The lowest BCUT2D eigenvalue weighted by molar-refractivity contribution is 0.0912. The molecule has 0 radical (unpaired) electrons. The lowest BCUT2D eigenvalue weighted by Crippen LogP contribution is -2.28. The van der Waals surface area contributed by atoms with Crippen LogP contribution >= 0.6 is 23.3 Å². The second kappa shape index (κ2) is 5.90. The second-order valence-corrected chi connectivity index (χ2v) is 4.50. The predicted molar refractivity (Wildman–Crippen MR) is 68.7 cm³/mol. The Balaban J connectivity index is 1.95. The van der Waals surface area contributed by atoms with E-state index in [0.717, 1.165) is 11.7 Å². The van der Waals surface area contributed by atoms with E-state index in [1.165, 1.54) is 6.20 Å². The minimum atomic E-state index is -0.853. The molecule has 0 aliphatic rings. The third-order valence-electron chi connectivity index (χ3n) is 2.31. The Morgan fingerprint density at radius 2 is 2.28 bits per heavy atom. The molecule has 1 heterocycles. The Labute approximate surface area is 113 Å². The number of carbonyl (C=O) groups excluding carboxylic acids is 1. The zero-order valence-electron chi connectivity index (χ0n) is 9.21. The van der Waals surface area contributed by atoms with E-state index in [0.29, 0.717) is 10.6 Å². The summed E-state index contributed by atoms with van der Waals surface area (Å²) in [4.78, 5) is 11.6. The summed E-state index contributed by atoms with van der Waals surface area (Å²) >= 11 is 6.90. The van der Waals surface area contributed by atoms with Crippen molar-refractivity contribution in [3.63, 3.8) is 0 Å². The van der Waals surface area contributed by atoms with Crippen LogP contribution in [0, 0.1) is 0 Å². The summed E-state index contributed by atoms with van der Waals surface area (Å²) < 4.78 is 7.52. The highest BCUT2D eigenvalue weighted by Crippen LogP contribution is 2.21. The molecule has 1 atom stereocenters. The topological polar surface area (TPSA) is 75.1 Å². The number of nitrogens with zero attached hydrogens (tertiary/aromatic N) is 2. The zero-order valence-corrected chi connectivity index (χ0v) is 10.8. The maximum Gasteiger partial charge on any atom is 0.272 e. The van der Waals surface area contributed by atoms with Gasteiger partial charge in [0.15, 0.2) is 5.69 Å². The monoisotopic (exact) mass is 283 g/mol. The molecule has 1 amide bonds. The van der Waals surface area contributed by atoms with Gasteiger partial charge < -0.3 is 10.4 Å². The van der Waals surface area contributed by atoms with Gasteiger partial charge >= 0.3 is 0 Å². The number of carbonyl (C=O) groups is 1. The Hall–Kier alpha value is -1.50. The third kappa shape index (κ3) is 3.04. The van der Waals surface area contributed by atoms with Crippen LogP contribution in [-0.4, -0.2) is 26.3 Å². The van der Waals surface area contributed by atoms with Gasteiger partial charge in [-0.1, -0.05) is 29.8 Å². The fourth-order valence-corrected chi connectivity index (χ4v) is 2.07. The first-order chi connectivity index (χ1) is 8.68. The minimum absolute atomic E-state index is 0.0695. The molecule has 1 unspecified atom stereocenters.